The van der Waals surface area contributed by atoms with Crippen LogP contribution in [0.25, 0.3) is 0 Å². The molecule has 0 spiro atoms. The molecule has 0 radical (unpaired) electrons. The van der Waals surface area contributed by atoms with Crippen LogP contribution in [0.5, 0.6) is 0 Å². The summed E-state index contributed by atoms with van der Waals surface area (Å²) in [6, 6.07) is 1.56. The molecular formula is C6H6ClN3O. The largest absolute Gasteiger partial charge is 0.311 e. The van der Waals surface area contributed by atoms with Crippen molar-refractivity contribution in [1.82, 2.24) is 9.97 Å². The van der Waals surface area contributed by atoms with Crippen molar-refractivity contribution in [3.8, 4) is 0 Å². The highest BCUT2D eigenvalue weighted by Gasteiger charge is 1.96. The van der Waals surface area contributed by atoms with E-state index in [1.54, 1.807) is 6.07 Å². The van der Waals surface area contributed by atoms with Crippen molar-refractivity contribution in [1.29, 1.82) is 0 Å². The number of rotatable bonds is 1. The number of hydrogen-bond donors (Lipinski definition) is 1. The van der Waals surface area contributed by atoms with Crippen LogP contribution in [0.1, 0.15) is 6.92 Å². The molecule has 0 aliphatic carbocycles. The Morgan fingerprint density at radius 1 is 1.73 bits per heavy atom. The Balaban J connectivity index is 2.79. The van der Waals surface area contributed by atoms with Crippen molar-refractivity contribution >= 4 is 23.3 Å². The Morgan fingerprint density at radius 2 is 2.45 bits per heavy atom. The highest BCUT2D eigenvalue weighted by molar-refractivity contribution is 6.28. The number of hydrogen-bond acceptors (Lipinski definition) is 3. The van der Waals surface area contributed by atoms with Crippen LogP contribution >= 0.6 is 11.6 Å². The minimum absolute atomic E-state index is 0.122. The Bertz CT molecular complexity index is 276. The highest BCUT2D eigenvalue weighted by atomic mass is 35.5. The van der Waals surface area contributed by atoms with Crippen molar-refractivity contribution in [2.45, 2.75) is 6.92 Å². The maximum absolute atomic E-state index is 10.5. The predicted octanol–water partition coefficient (Wildman–Crippen LogP) is 1.09. The molecular weight excluding hydrogens is 166 g/mol. The fourth-order valence-corrected chi connectivity index (χ4v) is 0.732. The van der Waals surface area contributed by atoms with Gasteiger partial charge in [-0.05, 0) is 17.7 Å². The van der Waals surface area contributed by atoms with E-state index in [1.807, 2.05) is 0 Å². The second-order valence-corrected chi connectivity index (χ2v) is 2.23. The van der Waals surface area contributed by atoms with Crippen LogP contribution in [-0.4, -0.2) is 15.9 Å². The van der Waals surface area contributed by atoms with E-state index in [4.69, 9.17) is 11.6 Å². The van der Waals surface area contributed by atoms with Crippen LogP contribution in [0.2, 0.25) is 5.28 Å². The van der Waals surface area contributed by atoms with Crippen LogP contribution in [0, 0.1) is 0 Å². The van der Waals surface area contributed by atoms with Gasteiger partial charge in [-0.3, -0.25) is 4.79 Å². The van der Waals surface area contributed by atoms with Gasteiger partial charge in [-0.2, -0.15) is 0 Å². The van der Waals surface area contributed by atoms with Crippen LogP contribution < -0.4 is 5.32 Å². The topological polar surface area (TPSA) is 54.9 Å². The lowest BCUT2D eigenvalue weighted by Crippen LogP contribution is -2.07. The molecule has 4 nitrogen and oxygen atoms in total. The molecule has 1 aromatic rings. The van der Waals surface area contributed by atoms with Crippen molar-refractivity contribution < 1.29 is 4.79 Å². The van der Waals surface area contributed by atoms with E-state index in [1.165, 1.54) is 13.1 Å². The summed E-state index contributed by atoms with van der Waals surface area (Å²) in [5.41, 5.74) is 0. The first-order valence-electron chi connectivity index (χ1n) is 2.94. The second-order valence-electron chi connectivity index (χ2n) is 1.89. The van der Waals surface area contributed by atoms with E-state index < -0.39 is 0 Å². The number of amides is 1. The maximum Gasteiger partial charge on any atom is 0.224 e. The number of aromatic nitrogens is 2. The molecule has 5 heteroatoms. The van der Waals surface area contributed by atoms with E-state index in [0.29, 0.717) is 5.82 Å². The first-order chi connectivity index (χ1) is 5.18. The molecule has 0 saturated carbocycles. The maximum atomic E-state index is 10.5. The Labute approximate surface area is 68.6 Å². The summed E-state index contributed by atoms with van der Waals surface area (Å²) < 4.78 is 0. The van der Waals surface area contributed by atoms with E-state index in [2.05, 4.69) is 15.3 Å². The van der Waals surface area contributed by atoms with Gasteiger partial charge in [0.25, 0.3) is 0 Å². The number of carbonyl (C=O) groups is 1. The van der Waals surface area contributed by atoms with Crippen molar-refractivity contribution in [3.05, 3.63) is 17.5 Å². The summed E-state index contributed by atoms with van der Waals surface area (Å²) in [6.07, 6.45) is 1.47. The summed E-state index contributed by atoms with van der Waals surface area (Å²) in [5.74, 6) is 0.234. The summed E-state index contributed by atoms with van der Waals surface area (Å²) in [5, 5.41) is 2.59. The standard InChI is InChI=1S/C6H6ClN3O/c1-4(11)9-5-2-3-8-6(7)10-5/h2-3H,1H3,(H,8,9,10,11). The van der Waals surface area contributed by atoms with Crippen LogP contribution in [-0.2, 0) is 4.79 Å². The van der Waals surface area contributed by atoms with Gasteiger partial charge in [-0.1, -0.05) is 0 Å². The van der Waals surface area contributed by atoms with Gasteiger partial charge in [-0.15, -0.1) is 0 Å². The smallest absolute Gasteiger partial charge is 0.224 e. The minimum atomic E-state index is -0.181. The Hall–Kier alpha value is -1.16. The molecule has 1 amide bonds. The number of carbonyl (C=O) groups excluding carboxylic acids is 1. The molecule has 0 bridgehead atoms. The Morgan fingerprint density at radius 3 is 3.00 bits per heavy atom. The van der Waals surface area contributed by atoms with Crippen LogP contribution in [0.4, 0.5) is 5.82 Å². The highest BCUT2D eigenvalue weighted by Crippen LogP contribution is 2.04. The average molecular weight is 172 g/mol. The average Bonchev–Trinajstić information content (AvgIpc) is 1.85. The molecule has 0 aliphatic heterocycles. The molecule has 1 aromatic heterocycles. The summed E-state index contributed by atoms with van der Waals surface area (Å²) >= 11 is 5.45. The zero-order chi connectivity index (χ0) is 8.27. The third-order valence-electron chi connectivity index (χ3n) is 0.930. The van der Waals surface area contributed by atoms with Crippen LogP contribution in [0.3, 0.4) is 0 Å². The van der Waals surface area contributed by atoms with Gasteiger partial charge in [0.15, 0.2) is 0 Å². The van der Waals surface area contributed by atoms with Crippen molar-refractivity contribution in [2.24, 2.45) is 0 Å². The fraction of sp³-hybridized carbons (Fsp3) is 0.167. The molecule has 1 N–H and O–H groups in total. The van der Waals surface area contributed by atoms with Gasteiger partial charge in [0.2, 0.25) is 11.2 Å². The molecule has 0 unspecified atom stereocenters. The van der Waals surface area contributed by atoms with Crippen LogP contribution in [0.15, 0.2) is 12.3 Å². The molecule has 58 valence electrons. The molecule has 1 heterocycles. The van der Waals surface area contributed by atoms with Gasteiger partial charge < -0.3 is 5.32 Å². The Kier molecular flexibility index (Phi) is 2.38. The fourth-order valence-electron chi connectivity index (χ4n) is 0.585. The normalized spacial score (nSPS) is 9.27. The number of nitrogens with one attached hydrogen (secondary N) is 1. The molecule has 1 rings (SSSR count). The predicted molar refractivity (Wildman–Crippen MR) is 41.3 cm³/mol. The van der Waals surface area contributed by atoms with E-state index >= 15 is 0 Å². The van der Waals surface area contributed by atoms with Gasteiger partial charge in [-0.25, -0.2) is 9.97 Å². The van der Waals surface area contributed by atoms with Gasteiger partial charge >= 0.3 is 0 Å². The number of anilines is 1. The summed E-state index contributed by atoms with van der Waals surface area (Å²) in [4.78, 5) is 17.9. The lowest BCUT2D eigenvalue weighted by atomic mass is 10.5. The summed E-state index contributed by atoms with van der Waals surface area (Å²) in [7, 11) is 0. The molecule has 0 atom stereocenters. The zero-order valence-electron chi connectivity index (χ0n) is 5.84. The van der Waals surface area contributed by atoms with Crippen molar-refractivity contribution in [2.75, 3.05) is 5.32 Å². The van der Waals surface area contributed by atoms with Gasteiger partial charge in [0.1, 0.15) is 5.82 Å². The SMILES string of the molecule is CC(=O)Nc1ccnc(Cl)n1. The second kappa shape index (κ2) is 3.30. The zero-order valence-corrected chi connectivity index (χ0v) is 6.59. The monoisotopic (exact) mass is 171 g/mol. The molecule has 0 fully saturated rings. The molecule has 11 heavy (non-hydrogen) atoms. The summed E-state index contributed by atoms with van der Waals surface area (Å²) in [6.45, 7) is 1.40. The third-order valence-corrected chi connectivity index (χ3v) is 1.11. The lowest BCUT2D eigenvalue weighted by molar-refractivity contribution is -0.114. The quantitative estimate of drug-likeness (QED) is 0.644. The first kappa shape index (κ1) is 7.94. The molecule has 0 aromatic carbocycles. The van der Waals surface area contributed by atoms with E-state index in [-0.39, 0.29) is 11.2 Å². The molecule has 0 saturated heterocycles. The van der Waals surface area contributed by atoms with Gasteiger partial charge in [0.05, 0.1) is 0 Å². The number of halogens is 1. The third kappa shape index (κ3) is 2.51. The molecule has 0 aliphatic rings. The lowest BCUT2D eigenvalue weighted by Gasteiger charge is -1.98. The number of nitrogens with zero attached hydrogens (tertiary/aromatic N) is 2. The van der Waals surface area contributed by atoms with E-state index in [0.717, 1.165) is 0 Å². The van der Waals surface area contributed by atoms with Gasteiger partial charge in [0, 0.05) is 13.1 Å². The minimum Gasteiger partial charge on any atom is -0.311 e. The first-order valence-corrected chi connectivity index (χ1v) is 3.32. The van der Waals surface area contributed by atoms with E-state index in [9.17, 15) is 4.79 Å². The van der Waals surface area contributed by atoms with Crippen molar-refractivity contribution in [3.63, 3.8) is 0 Å².